The molecule has 8 heteroatoms. The van der Waals surface area contributed by atoms with Crippen LogP contribution in [0.15, 0.2) is 22.8 Å². The molecule has 130 valence electrons. The minimum absolute atomic E-state index is 0.110. The van der Waals surface area contributed by atoms with Crippen LogP contribution in [-0.4, -0.2) is 51.9 Å². The number of ether oxygens (including phenoxy) is 1. The van der Waals surface area contributed by atoms with Crippen molar-refractivity contribution in [2.45, 2.75) is 32.9 Å². The van der Waals surface area contributed by atoms with Gasteiger partial charge in [-0.25, -0.2) is 9.78 Å². The zero-order valence-corrected chi connectivity index (χ0v) is 14.0. The van der Waals surface area contributed by atoms with Crippen molar-refractivity contribution < 1.29 is 13.9 Å². The summed E-state index contributed by atoms with van der Waals surface area (Å²) in [5, 5.41) is 9.73. The second-order valence-electron chi connectivity index (χ2n) is 6.33. The lowest BCUT2D eigenvalue weighted by Crippen LogP contribution is -2.39. The minimum Gasteiger partial charge on any atom is -0.461 e. The lowest BCUT2D eigenvalue weighted by molar-refractivity contribution is 0.0436. The van der Waals surface area contributed by atoms with Gasteiger partial charge < -0.3 is 19.4 Å². The maximum Gasteiger partial charge on any atom is 0.317 e. The van der Waals surface area contributed by atoms with E-state index < -0.39 is 0 Å². The molecule has 0 aromatic carbocycles. The number of H-pyrrole nitrogens is 1. The van der Waals surface area contributed by atoms with Gasteiger partial charge in [0.15, 0.2) is 5.76 Å². The molecule has 0 aliphatic carbocycles. The minimum atomic E-state index is -0.110. The van der Waals surface area contributed by atoms with Crippen LogP contribution < -0.4 is 5.32 Å². The number of carbonyl (C=O) groups excluding carboxylic acids is 1. The molecule has 1 aliphatic rings. The lowest BCUT2D eigenvalue weighted by atomic mass is 10.2. The number of nitrogens with one attached hydrogen (secondary N) is 2. The van der Waals surface area contributed by atoms with Crippen LogP contribution in [-0.2, 0) is 11.3 Å². The molecule has 1 aliphatic heterocycles. The van der Waals surface area contributed by atoms with E-state index >= 15 is 0 Å². The van der Waals surface area contributed by atoms with Gasteiger partial charge in [0.25, 0.3) is 0 Å². The number of hydrogen-bond donors (Lipinski definition) is 2. The Morgan fingerprint density at radius 3 is 3.21 bits per heavy atom. The lowest BCUT2D eigenvalue weighted by Gasteiger charge is -2.17. The molecule has 1 saturated heterocycles. The molecule has 0 saturated carbocycles. The summed E-state index contributed by atoms with van der Waals surface area (Å²) in [5.74, 6) is 2.16. The third-order valence-electron chi connectivity index (χ3n) is 3.78. The molecule has 2 aromatic heterocycles. The SMILES string of the molecule is CC(C)CO[C@@H]1CCN(C(=O)NCc2nc(-c3ccco3)n[nH]2)C1. The number of furan rings is 1. The Labute approximate surface area is 140 Å². The second-order valence-corrected chi connectivity index (χ2v) is 6.33. The summed E-state index contributed by atoms with van der Waals surface area (Å²) in [4.78, 5) is 18.3. The summed E-state index contributed by atoms with van der Waals surface area (Å²) in [5.41, 5.74) is 0. The van der Waals surface area contributed by atoms with Crippen LogP contribution in [0.25, 0.3) is 11.6 Å². The van der Waals surface area contributed by atoms with Crippen molar-refractivity contribution in [1.29, 1.82) is 0 Å². The first-order chi connectivity index (χ1) is 11.6. The molecule has 0 bridgehead atoms. The zero-order valence-electron chi connectivity index (χ0n) is 14.0. The second kappa shape index (κ2) is 7.48. The van der Waals surface area contributed by atoms with Gasteiger partial charge in [0.05, 0.1) is 18.9 Å². The van der Waals surface area contributed by atoms with Gasteiger partial charge >= 0.3 is 6.03 Å². The molecule has 1 atom stereocenters. The Bertz CT molecular complexity index is 652. The highest BCUT2D eigenvalue weighted by atomic mass is 16.5. The number of amides is 2. The molecule has 0 spiro atoms. The number of nitrogens with zero attached hydrogens (tertiary/aromatic N) is 3. The van der Waals surface area contributed by atoms with E-state index in [0.717, 1.165) is 13.0 Å². The Morgan fingerprint density at radius 2 is 2.46 bits per heavy atom. The average Bonchev–Trinajstić information content (AvgIpc) is 3.31. The Kier molecular flexibility index (Phi) is 5.14. The van der Waals surface area contributed by atoms with Gasteiger partial charge in [0.2, 0.25) is 5.82 Å². The molecule has 3 heterocycles. The Morgan fingerprint density at radius 1 is 1.58 bits per heavy atom. The summed E-state index contributed by atoms with van der Waals surface area (Å²) < 4.78 is 11.0. The van der Waals surface area contributed by atoms with E-state index in [1.54, 1.807) is 23.3 Å². The summed E-state index contributed by atoms with van der Waals surface area (Å²) in [7, 11) is 0. The molecule has 24 heavy (non-hydrogen) atoms. The molecule has 2 amide bonds. The van der Waals surface area contributed by atoms with E-state index in [2.05, 4.69) is 34.3 Å². The molecule has 0 radical (unpaired) electrons. The third-order valence-corrected chi connectivity index (χ3v) is 3.78. The van der Waals surface area contributed by atoms with Crippen LogP contribution in [0.4, 0.5) is 4.79 Å². The average molecular weight is 333 g/mol. The van der Waals surface area contributed by atoms with Gasteiger partial charge in [-0.1, -0.05) is 13.8 Å². The van der Waals surface area contributed by atoms with E-state index in [9.17, 15) is 4.79 Å². The molecule has 2 aromatic rings. The monoisotopic (exact) mass is 333 g/mol. The fraction of sp³-hybridized carbons (Fsp3) is 0.562. The number of rotatable bonds is 6. The van der Waals surface area contributed by atoms with Crippen LogP contribution in [0.3, 0.4) is 0 Å². The third kappa shape index (κ3) is 4.14. The number of likely N-dealkylation sites (tertiary alicyclic amines) is 1. The van der Waals surface area contributed by atoms with Crippen molar-refractivity contribution in [2.75, 3.05) is 19.7 Å². The van der Waals surface area contributed by atoms with Crippen molar-refractivity contribution in [2.24, 2.45) is 5.92 Å². The maximum absolute atomic E-state index is 12.2. The van der Waals surface area contributed by atoms with Gasteiger partial charge in [-0.3, -0.25) is 5.10 Å². The quantitative estimate of drug-likeness (QED) is 0.843. The fourth-order valence-electron chi connectivity index (χ4n) is 2.54. The number of hydrogen-bond acceptors (Lipinski definition) is 5. The van der Waals surface area contributed by atoms with Crippen LogP contribution in [0, 0.1) is 5.92 Å². The van der Waals surface area contributed by atoms with Gasteiger partial charge in [-0.2, -0.15) is 0 Å². The molecular weight excluding hydrogens is 310 g/mol. The number of aromatic nitrogens is 3. The topological polar surface area (TPSA) is 96.3 Å². The maximum atomic E-state index is 12.2. The first-order valence-electron chi connectivity index (χ1n) is 8.21. The summed E-state index contributed by atoms with van der Waals surface area (Å²) in [6, 6.07) is 3.45. The van der Waals surface area contributed by atoms with E-state index in [1.807, 2.05) is 0 Å². The smallest absolute Gasteiger partial charge is 0.317 e. The fourth-order valence-corrected chi connectivity index (χ4v) is 2.54. The normalized spacial score (nSPS) is 17.6. The molecule has 3 rings (SSSR count). The van der Waals surface area contributed by atoms with Crippen molar-refractivity contribution in [3.63, 3.8) is 0 Å². The predicted octanol–water partition coefficient (Wildman–Crippen LogP) is 2.02. The van der Waals surface area contributed by atoms with Gasteiger partial charge in [0.1, 0.15) is 5.82 Å². The number of aromatic amines is 1. The first-order valence-corrected chi connectivity index (χ1v) is 8.21. The van der Waals surface area contributed by atoms with Crippen LogP contribution >= 0.6 is 0 Å². The highest BCUT2D eigenvalue weighted by Crippen LogP contribution is 2.15. The molecule has 1 fully saturated rings. The van der Waals surface area contributed by atoms with Gasteiger partial charge in [-0.05, 0) is 24.5 Å². The highest BCUT2D eigenvalue weighted by molar-refractivity contribution is 5.74. The standard InChI is InChI=1S/C16H23N5O3/c1-11(2)10-24-12-5-6-21(9-12)16(22)17-8-14-18-15(20-19-14)13-4-3-7-23-13/h3-4,7,11-12H,5-6,8-10H2,1-2H3,(H,17,22)(H,18,19,20)/t12-/m1/s1. The Balaban J connectivity index is 1.44. The number of urea groups is 1. The van der Waals surface area contributed by atoms with Crippen LogP contribution in [0.2, 0.25) is 0 Å². The predicted molar refractivity (Wildman–Crippen MR) is 87.1 cm³/mol. The van der Waals surface area contributed by atoms with Gasteiger partial charge in [0, 0.05) is 19.7 Å². The zero-order chi connectivity index (χ0) is 16.9. The number of carbonyl (C=O) groups is 1. The van der Waals surface area contributed by atoms with E-state index in [1.165, 1.54) is 0 Å². The molecular formula is C16H23N5O3. The van der Waals surface area contributed by atoms with Crippen LogP contribution in [0.1, 0.15) is 26.1 Å². The van der Waals surface area contributed by atoms with E-state index in [0.29, 0.717) is 43.0 Å². The summed E-state index contributed by atoms with van der Waals surface area (Å²) in [6.45, 7) is 6.60. The molecule has 2 N–H and O–H groups in total. The summed E-state index contributed by atoms with van der Waals surface area (Å²) >= 11 is 0. The molecule has 0 unspecified atom stereocenters. The summed E-state index contributed by atoms with van der Waals surface area (Å²) in [6.07, 6.45) is 2.58. The van der Waals surface area contributed by atoms with Gasteiger partial charge in [-0.15, -0.1) is 5.10 Å². The van der Waals surface area contributed by atoms with Crippen molar-refractivity contribution in [3.05, 3.63) is 24.2 Å². The van der Waals surface area contributed by atoms with Crippen molar-refractivity contribution >= 4 is 6.03 Å². The molecule has 8 nitrogen and oxygen atoms in total. The van der Waals surface area contributed by atoms with Crippen molar-refractivity contribution in [3.8, 4) is 11.6 Å². The van der Waals surface area contributed by atoms with Crippen LogP contribution in [0.5, 0.6) is 0 Å². The largest absolute Gasteiger partial charge is 0.461 e. The first kappa shape index (κ1) is 16.5. The highest BCUT2D eigenvalue weighted by Gasteiger charge is 2.26. The van der Waals surface area contributed by atoms with E-state index in [4.69, 9.17) is 9.15 Å². The Hall–Kier alpha value is -2.35. The van der Waals surface area contributed by atoms with Crippen molar-refractivity contribution in [1.82, 2.24) is 25.4 Å². The van der Waals surface area contributed by atoms with E-state index in [-0.39, 0.29) is 12.1 Å².